The van der Waals surface area contributed by atoms with Crippen LogP contribution in [0.25, 0.3) is 76.7 Å². The molecule has 1 heteroatoms. The van der Waals surface area contributed by atoms with Gasteiger partial charge in [-0.15, -0.1) is 0 Å². The third-order valence-electron chi connectivity index (χ3n) is 8.95. The fraction of sp³-hybridized carbons (Fsp3) is 0.0952. The number of benzene rings is 7. The predicted octanol–water partition coefficient (Wildman–Crippen LogP) is 12.0. The Labute approximate surface area is 252 Å². The molecule has 0 saturated heterocycles. The average molecular weight is 553 g/mol. The molecule has 43 heavy (non-hydrogen) atoms. The molecule has 0 radical (unpaired) electrons. The monoisotopic (exact) mass is 552 g/mol. The van der Waals surface area contributed by atoms with Crippen molar-refractivity contribution in [1.82, 2.24) is 0 Å². The molecule has 0 saturated carbocycles. The van der Waals surface area contributed by atoms with Gasteiger partial charge in [-0.05, 0) is 84.3 Å². The van der Waals surface area contributed by atoms with E-state index in [-0.39, 0.29) is 0 Å². The topological polar surface area (TPSA) is 13.1 Å². The van der Waals surface area contributed by atoms with Gasteiger partial charge in [0, 0.05) is 17.4 Å². The largest absolute Gasteiger partial charge is 0.460 e. The van der Waals surface area contributed by atoms with E-state index < -0.39 is 0 Å². The van der Waals surface area contributed by atoms with Crippen molar-refractivity contribution >= 4 is 43.3 Å². The molecule has 1 aliphatic carbocycles. The molecule has 8 aromatic rings. The van der Waals surface area contributed by atoms with Gasteiger partial charge in [0.2, 0.25) is 0 Å². The molecule has 9 rings (SSSR count). The zero-order valence-electron chi connectivity index (χ0n) is 24.5. The average Bonchev–Trinajstić information content (AvgIpc) is 3.46. The van der Waals surface area contributed by atoms with Crippen molar-refractivity contribution in [1.29, 1.82) is 0 Å². The maximum Gasteiger partial charge on any atom is 0.135 e. The number of hydrogen-bond acceptors (Lipinski definition) is 1. The fourth-order valence-electron chi connectivity index (χ4n) is 7.18. The van der Waals surface area contributed by atoms with E-state index in [0.717, 1.165) is 24.2 Å². The molecule has 1 aliphatic rings. The van der Waals surface area contributed by atoms with Gasteiger partial charge in [0.1, 0.15) is 11.3 Å². The summed E-state index contributed by atoms with van der Waals surface area (Å²) in [7, 11) is 0. The Morgan fingerprint density at radius 2 is 1.02 bits per heavy atom. The van der Waals surface area contributed by atoms with E-state index in [2.05, 4.69) is 133 Å². The molecular formula is C42H32O. The van der Waals surface area contributed by atoms with Crippen LogP contribution >= 0.6 is 0 Å². The lowest BCUT2D eigenvalue weighted by Gasteiger charge is -2.18. The molecule has 0 N–H and O–H groups in total. The lowest BCUT2D eigenvalue weighted by atomic mass is 9.84. The number of rotatable bonds is 2. The van der Waals surface area contributed by atoms with Crippen LogP contribution in [0.4, 0.5) is 0 Å². The molecule has 0 aliphatic heterocycles. The maximum absolute atomic E-state index is 6.57. The summed E-state index contributed by atoms with van der Waals surface area (Å²) in [5, 5.41) is 8.80. The second kappa shape index (κ2) is 10.3. The van der Waals surface area contributed by atoms with E-state index in [0.29, 0.717) is 0 Å². The van der Waals surface area contributed by atoms with E-state index in [1.54, 1.807) is 0 Å². The minimum Gasteiger partial charge on any atom is -0.460 e. The molecule has 0 unspecified atom stereocenters. The molecule has 0 spiro atoms. The van der Waals surface area contributed by atoms with E-state index in [4.69, 9.17) is 4.42 Å². The van der Waals surface area contributed by atoms with Crippen molar-refractivity contribution in [2.45, 2.75) is 26.7 Å². The maximum atomic E-state index is 6.57. The quantitative estimate of drug-likeness (QED) is 0.194. The summed E-state index contributed by atoms with van der Waals surface area (Å²) < 4.78 is 6.57. The molecule has 206 valence electrons. The van der Waals surface area contributed by atoms with Crippen molar-refractivity contribution < 1.29 is 4.42 Å². The van der Waals surface area contributed by atoms with Crippen LogP contribution in [0.1, 0.15) is 25.2 Å². The van der Waals surface area contributed by atoms with Crippen LogP contribution in [-0.2, 0) is 12.8 Å². The molecule has 0 bridgehead atoms. The van der Waals surface area contributed by atoms with Gasteiger partial charge in [-0.2, -0.15) is 0 Å². The fourth-order valence-corrected chi connectivity index (χ4v) is 7.18. The summed E-state index contributed by atoms with van der Waals surface area (Å²) in [5.41, 5.74) is 9.98. The van der Waals surface area contributed by atoms with E-state index in [1.165, 1.54) is 76.6 Å². The molecular weight excluding hydrogens is 520 g/mol. The molecule has 1 nitrogen and oxygen atoms in total. The van der Waals surface area contributed by atoms with Crippen LogP contribution in [0.5, 0.6) is 0 Å². The van der Waals surface area contributed by atoms with Gasteiger partial charge in [-0.1, -0.05) is 135 Å². The minimum atomic E-state index is 0.946. The first-order chi connectivity index (χ1) is 21.3. The third kappa shape index (κ3) is 3.92. The number of fused-ring (bicyclic) bond motifs is 8. The first-order valence-electron chi connectivity index (χ1n) is 15.4. The van der Waals surface area contributed by atoms with Gasteiger partial charge in [0.15, 0.2) is 0 Å². The number of hydrogen-bond donors (Lipinski definition) is 0. The molecule has 0 fully saturated rings. The van der Waals surface area contributed by atoms with Crippen LogP contribution in [0, 0.1) is 0 Å². The first-order valence-corrected chi connectivity index (χ1v) is 15.4. The van der Waals surface area contributed by atoms with E-state index in [9.17, 15) is 0 Å². The summed E-state index contributed by atoms with van der Waals surface area (Å²) in [4.78, 5) is 0. The van der Waals surface area contributed by atoms with Crippen LogP contribution in [-0.4, -0.2) is 0 Å². The molecule has 0 atom stereocenters. The molecule has 0 amide bonds. The van der Waals surface area contributed by atoms with Gasteiger partial charge in [0.25, 0.3) is 0 Å². The van der Waals surface area contributed by atoms with Gasteiger partial charge < -0.3 is 4.42 Å². The van der Waals surface area contributed by atoms with Crippen molar-refractivity contribution in [2.75, 3.05) is 0 Å². The smallest absolute Gasteiger partial charge is 0.135 e. The Morgan fingerprint density at radius 1 is 0.442 bits per heavy atom. The summed E-state index contributed by atoms with van der Waals surface area (Å²) in [6.07, 6.45) is 1.97. The summed E-state index contributed by atoms with van der Waals surface area (Å²) >= 11 is 0. The Kier molecular flexibility index (Phi) is 6.12. The Balaban J connectivity index is 0.00000136. The van der Waals surface area contributed by atoms with Gasteiger partial charge in [-0.3, -0.25) is 0 Å². The Bertz CT molecular complexity index is 2250. The lowest BCUT2D eigenvalue weighted by molar-refractivity contribution is 0.546. The highest BCUT2D eigenvalue weighted by Gasteiger charge is 2.24. The van der Waals surface area contributed by atoms with Crippen LogP contribution < -0.4 is 0 Å². The summed E-state index contributed by atoms with van der Waals surface area (Å²) in [6.45, 7) is 4.00. The number of aryl methyl sites for hydroxylation is 2. The third-order valence-corrected chi connectivity index (χ3v) is 8.95. The minimum absolute atomic E-state index is 0.946. The second-order valence-corrected chi connectivity index (χ2v) is 11.1. The van der Waals surface area contributed by atoms with E-state index >= 15 is 0 Å². The Hall–Kier alpha value is -5.14. The molecule has 1 heterocycles. The van der Waals surface area contributed by atoms with Crippen molar-refractivity contribution in [3.8, 4) is 33.4 Å². The van der Waals surface area contributed by atoms with Crippen LogP contribution in [0.3, 0.4) is 0 Å². The van der Waals surface area contributed by atoms with Crippen LogP contribution in [0.15, 0.2) is 138 Å². The zero-order valence-corrected chi connectivity index (χ0v) is 24.5. The van der Waals surface area contributed by atoms with Crippen molar-refractivity contribution in [2.24, 2.45) is 0 Å². The highest BCUT2D eigenvalue weighted by molar-refractivity contribution is 6.23. The van der Waals surface area contributed by atoms with E-state index in [1.807, 2.05) is 13.8 Å². The first kappa shape index (κ1) is 25.6. The SMILES string of the molecule is CC.c1ccc2c(c1)CCc1oc3cc(-c4c5ccccc5c(-c5cccc6ccccc56)c5ccccc45)ccc3c1-2. The lowest BCUT2D eigenvalue weighted by Crippen LogP contribution is -2.00. The second-order valence-electron chi connectivity index (χ2n) is 11.1. The Morgan fingerprint density at radius 3 is 1.77 bits per heavy atom. The van der Waals surface area contributed by atoms with Gasteiger partial charge in [-0.25, -0.2) is 0 Å². The standard InChI is InChI=1S/C40H26O.C2H6/c1-3-13-28-25(10-1)12-9-19-30(28)39-33-17-7-5-15-31(33)38(32-16-6-8-18-34(32)39)27-20-22-35-37(24-27)41-36-23-21-26-11-2-4-14-29(26)40(35)36;1-2/h1-20,22,24H,21,23H2;1-2H3. The van der Waals surface area contributed by atoms with Crippen molar-refractivity contribution in [3.05, 3.63) is 145 Å². The number of furan rings is 1. The van der Waals surface area contributed by atoms with Gasteiger partial charge in [0.05, 0.1) is 0 Å². The van der Waals surface area contributed by atoms with Crippen LogP contribution in [0.2, 0.25) is 0 Å². The highest BCUT2D eigenvalue weighted by Crippen LogP contribution is 2.47. The molecule has 7 aromatic carbocycles. The normalized spacial score (nSPS) is 12.2. The van der Waals surface area contributed by atoms with Gasteiger partial charge >= 0.3 is 0 Å². The zero-order chi connectivity index (χ0) is 28.9. The molecule has 1 aromatic heterocycles. The summed E-state index contributed by atoms with van der Waals surface area (Å²) in [6, 6.07) is 48.7. The summed E-state index contributed by atoms with van der Waals surface area (Å²) in [5.74, 6) is 1.11. The highest BCUT2D eigenvalue weighted by atomic mass is 16.3. The van der Waals surface area contributed by atoms with Crippen molar-refractivity contribution in [3.63, 3.8) is 0 Å². The predicted molar refractivity (Wildman–Crippen MR) is 184 cm³/mol.